The standard InChI is InChI=1S/C92H82N4O2S6/c1-9-13-17-21-25-57-29-37-61(38-30-57)91(62-39-31-58(32-40-62)26-22-18-14-10-2)73-51-68-74(52-67(73)85-81(91)89-77(103-85)49-65(101-89)47-69-79(75(53-93)95-7)71-45-55(5)99-87(71)83(69)97)92(63-41-33-59(34-42-63)27-23-19-15-11-3,64-43-35-60(36-44-64)28-24-20-16-12-4)82-86(68)104-78-50-66(102-90(78)82)48-70-80(76(54-94)96-8)72-46-56(6)100-88(72)84(70)98/h29-52H,9-28H2,1-6H3/b69-47?,70-48?,79-75-,80-76+. The van der Waals surface area contributed by atoms with Crippen molar-refractivity contribution in [3.05, 3.63) is 286 Å². The molecule has 4 aliphatic rings. The Bertz CT molecular complexity index is 5050. The minimum atomic E-state index is -0.825. The summed E-state index contributed by atoms with van der Waals surface area (Å²) in [7, 11) is 0. The smallest absolute Gasteiger partial charge is 0.270 e. The van der Waals surface area contributed by atoms with E-state index in [1.807, 2.05) is 60.8 Å². The summed E-state index contributed by atoms with van der Waals surface area (Å²) in [5.74, 6) is -0.290. The molecule has 0 aliphatic heterocycles. The quantitative estimate of drug-likeness (QED) is 0.0234. The van der Waals surface area contributed by atoms with E-state index in [1.54, 1.807) is 22.7 Å². The maximum Gasteiger partial charge on any atom is 0.270 e. The van der Waals surface area contributed by atoms with Crippen molar-refractivity contribution in [2.24, 2.45) is 0 Å². The van der Waals surface area contributed by atoms with Crippen molar-refractivity contribution >= 4 is 122 Å². The van der Waals surface area contributed by atoms with Gasteiger partial charge >= 0.3 is 0 Å². The molecule has 0 spiro atoms. The van der Waals surface area contributed by atoms with Gasteiger partial charge in [0.2, 0.25) is 11.6 Å². The van der Waals surface area contributed by atoms with Crippen LogP contribution in [0.25, 0.3) is 72.7 Å². The average molecular weight is 1470 g/mol. The molecule has 0 fully saturated rings. The number of hydrogen-bond acceptors (Lipinski definition) is 10. The van der Waals surface area contributed by atoms with Crippen LogP contribution in [-0.2, 0) is 36.5 Å². The number of rotatable bonds is 26. The fraction of sp³-hybridized carbons (Fsp3) is 0.304. The summed E-state index contributed by atoms with van der Waals surface area (Å²) in [5, 5.41) is 20.9. The Balaban J connectivity index is 1.01. The van der Waals surface area contributed by atoms with Crippen LogP contribution in [0, 0.1) is 49.7 Å². The highest BCUT2D eigenvalue weighted by molar-refractivity contribution is 7.31. The molecule has 6 nitrogen and oxygen atoms in total. The summed E-state index contributed by atoms with van der Waals surface area (Å²) in [6, 6.07) is 56.5. The van der Waals surface area contributed by atoms with Gasteiger partial charge in [-0.2, -0.15) is 0 Å². The SMILES string of the molecule is [C-]#[N+]/C(C#N)=C1/C(=Cc2cc3sc4c(c3s2)C(c2ccc(CCCCCC)cc2)(c2ccc(CCCCCC)cc2)c2cc3c(cc2-4)C(c2ccc(CCCCCC)cc2)(c2ccc(CCCCCC)cc2)c2c-3sc3cc(C=C4C(=O)c5sc(C)cc5/C4=C(\C#N)[N+]#[C-])sc23)C(=O)c2sc(C)cc21. The molecule has 6 heterocycles. The number of hydrogen-bond donors (Lipinski definition) is 0. The van der Waals surface area contributed by atoms with E-state index in [2.05, 4.69) is 171 Å². The third-order valence-corrected chi connectivity index (χ3v) is 28.9. The molecule has 104 heavy (non-hydrogen) atoms. The summed E-state index contributed by atoms with van der Waals surface area (Å²) in [5.41, 5.74) is 18.6. The van der Waals surface area contributed by atoms with Crippen LogP contribution in [0.5, 0.6) is 0 Å². The van der Waals surface area contributed by atoms with Gasteiger partial charge in [-0.3, -0.25) is 9.59 Å². The third-order valence-electron chi connectivity index (χ3n) is 22.0. The second-order valence-corrected chi connectivity index (χ2v) is 35.4. The van der Waals surface area contributed by atoms with Crippen LogP contribution >= 0.6 is 68.0 Å². The van der Waals surface area contributed by atoms with E-state index in [-0.39, 0.29) is 23.0 Å². The zero-order valence-electron chi connectivity index (χ0n) is 60.1. The largest absolute Gasteiger partial charge is 0.288 e. The molecule has 0 radical (unpaired) electrons. The highest BCUT2D eigenvalue weighted by Gasteiger charge is 2.55. The molecule has 11 aromatic rings. The van der Waals surface area contributed by atoms with Gasteiger partial charge in [0.15, 0.2) is 0 Å². The molecule has 15 rings (SSSR count). The maximum atomic E-state index is 14.7. The summed E-state index contributed by atoms with van der Waals surface area (Å²) in [4.78, 5) is 44.1. The maximum absolute atomic E-state index is 14.7. The van der Waals surface area contributed by atoms with Gasteiger partial charge in [-0.15, -0.1) is 68.0 Å². The molecule has 0 atom stereocenters. The second-order valence-electron chi connectivity index (χ2n) is 28.6. The second kappa shape index (κ2) is 29.9. The van der Waals surface area contributed by atoms with Gasteiger partial charge in [0, 0.05) is 72.1 Å². The molecular formula is C92H82N4O2S6. The van der Waals surface area contributed by atoms with Gasteiger partial charge in [0.1, 0.15) is 0 Å². The summed E-state index contributed by atoms with van der Waals surface area (Å²) in [6.45, 7) is 29.3. The molecule has 0 saturated heterocycles. The molecule has 0 N–H and O–H groups in total. The molecule has 4 aliphatic carbocycles. The molecular weight excluding hydrogens is 1390 g/mol. The number of allylic oxidation sites excluding steroid dienone is 6. The zero-order valence-corrected chi connectivity index (χ0v) is 65.0. The number of Topliss-reactive ketones (excluding diaryl/α,β-unsaturated/α-hetero) is 2. The van der Waals surface area contributed by atoms with Crippen molar-refractivity contribution in [1.82, 2.24) is 0 Å². The minimum Gasteiger partial charge on any atom is -0.288 e. The van der Waals surface area contributed by atoms with E-state index < -0.39 is 10.8 Å². The van der Waals surface area contributed by atoms with Crippen LogP contribution in [0.3, 0.4) is 0 Å². The van der Waals surface area contributed by atoms with Gasteiger partial charge in [-0.25, -0.2) is 20.2 Å². The molecule has 0 bridgehead atoms. The lowest BCUT2D eigenvalue weighted by atomic mass is 9.65. The number of unbranched alkanes of at least 4 members (excludes halogenated alkanes) is 12. The molecule has 0 saturated carbocycles. The van der Waals surface area contributed by atoms with E-state index in [1.165, 1.54) is 187 Å². The predicted octanol–water partition coefficient (Wildman–Crippen LogP) is 27.1. The van der Waals surface area contributed by atoms with Crippen molar-refractivity contribution in [2.75, 3.05) is 0 Å². The first-order valence-electron chi connectivity index (χ1n) is 37.3. The van der Waals surface area contributed by atoms with Crippen molar-refractivity contribution in [1.29, 1.82) is 10.5 Å². The van der Waals surface area contributed by atoms with Gasteiger partial charge in [0.05, 0.1) is 55.3 Å². The third kappa shape index (κ3) is 12.1. The number of thiophene rings is 6. The number of benzene rings is 5. The van der Waals surface area contributed by atoms with Crippen LogP contribution in [0.4, 0.5) is 0 Å². The lowest BCUT2D eigenvalue weighted by molar-refractivity contribution is 0.103. The molecule has 12 heteroatoms. The molecule has 0 unspecified atom stereocenters. The van der Waals surface area contributed by atoms with Gasteiger partial charge in [-0.1, -0.05) is 202 Å². The topological polar surface area (TPSA) is 90.4 Å². The van der Waals surface area contributed by atoms with Crippen LogP contribution in [0.1, 0.15) is 247 Å². The number of fused-ring (bicyclic) bond motifs is 12. The van der Waals surface area contributed by atoms with Gasteiger partial charge < -0.3 is 0 Å². The van der Waals surface area contributed by atoms with E-state index in [4.69, 9.17) is 13.1 Å². The van der Waals surface area contributed by atoms with Crippen molar-refractivity contribution in [3.8, 4) is 33.0 Å². The molecule has 518 valence electrons. The highest BCUT2D eigenvalue weighted by atomic mass is 32.1. The Kier molecular flexibility index (Phi) is 20.3. The molecule has 6 aromatic heterocycles. The van der Waals surface area contributed by atoms with E-state index in [0.717, 1.165) is 89.7 Å². The Morgan fingerprint density at radius 2 is 0.721 bits per heavy atom. The Morgan fingerprint density at radius 1 is 0.404 bits per heavy atom. The van der Waals surface area contributed by atoms with E-state index in [9.17, 15) is 20.1 Å². The number of ketones is 2. The predicted molar refractivity (Wildman–Crippen MR) is 440 cm³/mol. The monoisotopic (exact) mass is 1470 g/mol. The van der Waals surface area contributed by atoms with Crippen LogP contribution in [-0.4, -0.2) is 11.6 Å². The van der Waals surface area contributed by atoms with E-state index >= 15 is 0 Å². The van der Waals surface area contributed by atoms with Crippen molar-refractivity contribution < 1.29 is 9.59 Å². The lowest BCUT2D eigenvalue weighted by Crippen LogP contribution is -2.30. The van der Waals surface area contributed by atoms with Gasteiger partial charge in [-0.05, 0) is 192 Å². The lowest BCUT2D eigenvalue weighted by Gasteiger charge is -2.36. The Labute approximate surface area is 636 Å². The Hall–Kier alpha value is -8.92. The van der Waals surface area contributed by atoms with Crippen LogP contribution in [0.2, 0.25) is 0 Å². The number of aryl methyl sites for hydroxylation is 6. The normalized spacial score (nSPS) is 16.0. The fourth-order valence-corrected chi connectivity index (χ4v) is 24.4. The number of nitrogens with zero attached hydrogens (tertiary/aromatic N) is 4. The molecule has 5 aromatic carbocycles. The van der Waals surface area contributed by atoms with E-state index in [0.29, 0.717) is 43.2 Å². The zero-order chi connectivity index (χ0) is 72.0. The van der Waals surface area contributed by atoms with Gasteiger partial charge in [0.25, 0.3) is 11.4 Å². The molecule has 0 amide bonds. The number of carbonyl (C=O) groups excluding carboxylic acids is 2. The average Bonchev–Trinajstić information content (AvgIpc) is 1.49. The first-order valence-corrected chi connectivity index (χ1v) is 42.2. The highest BCUT2D eigenvalue weighted by Crippen LogP contribution is 2.68. The number of carbonyl (C=O) groups is 2. The summed E-state index contributed by atoms with van der Waals surface area (Å²) >= 11 is 9.92. The first kappa shape index (κ1) is 70.7. The Morgan fingerprint density at radius 3 is 1.01 bits per heavy atom. The van der Waals surface area contributed by atoms with Crippen LogP contribution < -0.4 is 0 Å². The summed E-state index contributed by atoms with van der Waals surface area (Å²) in [6.07, 6.45) is 26.9. The fourth-order valence-electron chi connectivity index (χ4n) is 17.0. The van der Waals surface area contributed by atoms with Crippen LogP contribution in [0.15, 0.2) is 156 Å². The summed E-state index contributed by atoms with van der Waals surface area (Å²) < 4.78 is 4.55. The number of nitriles is 2. The minimum absolute atomic E-state index is 0.0723. The first-order chi connectivity index (χ1) is 50.8. The van der Waals surface area contributed by atoms with Crippen molar-refractivity contribution in [2.45, 2.75) is 181 Å². The van der Waals surface area contributed by atoms with Crippen molar-refractivity contribution in [3.63, 3.8) is 0 Å².